The summed E-state index contributed by atoms with van der Waals surface area (Å²) in [4.78, 5) is 2.66. The molecule has 0 fully saturated rings. The summed E-state index contributed by atoms with van der Waals surface area (Å²) in [6.45, 7) is 0. The zero-order valence-corrected chi connectivity index (χ0v) is 29.0. The Morgan fingerprint density at radius 1 is 0.308 bits per heavy atom. The van der Waals surface area contributed by atoms with Gasteiger partial charge in [-0.15, -0.1) is 0 Å². The molecule has 0 amide bonds. The maximum Gasteiger partial charge on any atom is 0.0725 e. The first-order valence-corrected chi connectivity index (χ1v) is 18.9. The van der Waals surface area contributed by atoms with Gasteiger partial charge in [0.2, 0.25) is 0 Å². The van der Waals surface area contributed by atoms with Crippen LogP contribution in [0, 0.1) is 0 Å². The number of rotatable bonds is 2. The van der Waals surface area contributed by atoms with Crippen LogP contribution in [-0.4, -0.2) is 0 Å². The number of fused-ring (bicyclic) bond motifs is 13. The van der Waals surface area contributed by atoms with E-state index in [1.54, 1.807) is 0 Å². The second-order valence-corrected chi connectivity index (χ2v) is 15.4. The Hall–Kier alpha value is -6.15. The molecule has 1 heterocycles. The van der Waals surface area contributed by atoms with Crippen molar-refractivity contribution in [2.45, 2.75) is 15.2 Å². The predicted molar refractivity (Wildman–Crippen MR) is 218 cm³/mol. The van der Waals surface area contributed by atoms with Gasteiger partial charge < -0.3 is 0 Å². The van der Waals surface area contributed by atoms with Crippen molar-refractivity contribution < 1.29 is 0 Å². The van der Waals surface area contributed by atoms with Crippen LogP contribution in [0.1, 0.15) is 22.3 Å². The van der Waals surface area contributed by atoms with Crippen LogP contribution < -0.4 is 0 Å². The van der Waals surface area contributed by atoms with Gasteiger partial charge in [0.05, 0.1) is 5.41 Å². The van der Waals surface area contributed by atoms with Gasteiger partial charge in [-0.2, -0.15) is 0 Å². The predicted octanol–water partition coefficient (Wildman–Crippen LogP) is 13.8. The number of hydrogen-bond acceptors (Lipinski definition) is 1. The lowest BCUT2D eigenvalue weighted by Gasteiger charge is -2.31. The Balaban J connectivity index is 1.07. The minimum absolute atomic E-state index is 0.389. The maximum atomic E-state index is 2.50. The monoisotopic (exact) mass is 674 g/mol. The zero-order chi connectivity index (χ0) is 34.0. The lowest BCUT2D eigenvalue weighted by molar-refractivity contribution is 0.795. The third-order valence-corrected chi connectivity index (χ3v) is 13.0. The average molecular weight is 675 g/mol. The third-order valence-electron chi connectivity index (χ3n) is 11.9. The fourth-order valence-electron chi connectivity index (χ4n) is 9.70. The van der Waals surface area contributed by atoms with Crippen molar-refractivity contribution in [3.05, 3.63) is 204 Å². The topological polar surface area (TPSA) is 0 Å². The van der Waals surface area contributed by atoms with E-state index in [-0.39, 0.29) is 5.41 Å². The van der Waals surface area contributed by atoms with Gasteiger partial charge in [0.1, 0.15) is 0 Å². The normalized spacial score (nSPS) is 15.7. The molecule has 240 valence electrons. The van der Waals surface area contributed by atoms with E-state index in [9.17, 15) is 0 Å². The highest BCUT2D eigenvalue weighted by Crippen LogP contribution is 2.63. The molecule has 0 bridgehead atoms. The van der Waals surface area contributed by atoms with Crippen LogP contribution in [0.4, 0.5) is 0 Å². The van der Waals surface area contributed by atoms with Gasteiger partial charge in [-0.3, -0.25) is 0 Å². The molecule has 0 radical (unpaired) electrons. The van der Waals surface area contributed by atoms with Crippen LogP contribution in [0.25, 0.3) is 77.2 Å². The van der Waals surface area contributed by atoms with E-state index in [4.69, 9.17) is 0 Å². The molecule has 0 aromatic heterocycles. The lowest BCUT2D eigenvalue weighted by Crippen LogP contribution is -2.25. The van der Waals surface area contributed by atoms with E-state index in [1.807, 2.05) is 11.8 Å². The highest BCUT2D eigenvalue weighted by Gasteiger charge is 2.51. The molecule has 9 aromatic carbocycles. The van der Waals surface area contributed by atoms with Gasteiger partial charge in [-0.25, -0.2) is 0 Å². The van der Waals surface area contributed by atoms with Crippen molar-refractivity contribution in [1.82, 2.24) is 0 Å². The summed E-state index contributed by atoms with van der Waals surface area (Å²) in [5.74, 6) is 0. The molecule has 12 rings (SSSR count). The first-order valence-electron chi connectivity index (χ1n) is 18.1. The van der Waals surface area contributed by atoms with Crippen molar-refractivity contribution in [2.75, 3.05) is 0 Å². The molecule has 2 aliphatic carbocycles. The van der Waals surface area contributed by atoms with E-state index in [0.29, 0.717) is 0 Å². The Kier molecular flexibility index (Phi) is 5.73. The summed E-state index contributed by atoms with van der Waals surface area (Å²) < 4.78 is 0. The molecule has 0 nitrogen and oxygen atoms in total. The smallest absolute Gasteiger partial charge is 0.0725 e. The van der Waals surface area contributed by atoms with E-state index in [0.717, 1.165) is 0 Å². The van der Waals surface area contributed by atoms with Crippen LogP contribution >= 0.6 is 11.8 Å². The van der Waals surface area contributed by atoms with Crippen LogP contribution in [0.2, 0.25) is 0 Å². The number of hydrogen-bond donors (Lipinski definition) is 0. The molecular formula is C51H30S. The van der Waals surface area contributed by atoms with Crippen molar-refractivity contribution in [2.24, 2.45) is 0 Å². The SMILES string of the molecule is c1cc(-c2ccc3c(c2)C2(c4ccccc4-3)c3ccccc3-c3cc4ccccc4cc32)cc(-c2ccc3c4c(cccc24)-c2ccccc2S3)c1. The quantitative estimate of drug-likeness (QED) is 0.176. The Bertz CT molecular complexity index is 3000. The van der Waals surface area contributed by atoms with Crippen LogP contribution in [0.3, 0.4) is 0 Å². The van der Waals surface area contributed by atoms with Crippen molar-refractivity contribution in [3.8, 4) is 55.6 Å². The van der Waals surface area contributed by atoms with Crippen LogP contribution in [-0.2, 0) is 5.41 Å². The summed E-state index contributed by atoms with van der Waals surface area (Å²) in [6.07, 6.45) is 0. The van der Waals surface area contributed by atoms with E-state index in [2.05, 4.69) is 182 Å². The Morgan fingerprint density at radius 3 is 1.75 bits per heavy atom. The molecular weight excluding hydrogens is 645 g/mol. The first kappa shape index (κ1) is 28.5. The fourth-order valence-corrected chi connectivity index (χ4v) is 10.8. The van der Waals surface area contributed by atoms with Crippen molar-refractivity contribution in [3.63, 3.8) is 0 Å². The Labute approximate surface area is 307 Å². The van der Waals surface area contributed by atoms with Gasteiger partial charge in [0, 0.05) is 15.2 Å². The molecule has 1 aliphatic heterocycles. The zero-order valence-electron chi connectivity index (χ0n) is 28.2. The highest BCUT2D eigenvalue weighted by atomic mass is 32.2. The summed E-state index contributed by atoms with van der Waals surface area (Å²) in [5.41, 5.74) is 18.1. The van der Waals surface area contributed by atoms with Gasteiger partial charge in [-0.05, 0) is 130 Å². The third kappa shape index (κ3) is 3.68. The van der Waals surface area contributed by atoms with Crippen LogP contribution in [0.15, 0.2) is 192 Å². The number of benzene rings is 9. The second kappa shape index (κ2) is 10.4. The molecule has 0 saturated carbocycles. The largest absolute Gasteiger partial charge is 0.0888 e. The first-order chi connectivity index (χ1) is 25.8. The van der Waals surface area contributed by atoms with E-state index < -0.39 is 0 Å². The molecule has 0 saturated heterocycles. The summed E-state index contributed by atoms with van der Waals surface area (Å²) >= 11 is 1.88. The highest BCUT2D eigenvalue weighted by molar-refractivity contribution is 7.99. The molecule has 9 aromatic rings. The van der Waals surface area contributed by atoms with Gasteiger partial charge >= 0.3 is 0 Å². The van der Waals surface area contributed by atoms with Crippen molar-refractivity contribution >= 4 is 33.3 Å². The molecule has 1 atom stereocenters. The molecule has 1 heteroatoms. The molecule has 1 unspecified atom stereocenters. The standard InChI is InChI=1S/C51H30S/c1-2-12-33-29-47-43(28-32(33)11-1)38-16-4-7-21-45(38)51(47)44-20-6-3-15-37(44)39-24-23-34(30-46(39)51)31-13-9-14-35(27-31)36-25-26-49-50-41(36)18-10-19-42(50)40-17-5-8-22-48(40)52-49/h1-30H. The second-order valence-electron chi connectivity index (χ2n) is 14.4. The van der Waals surface area contributed by atoms with Crippen LogP contribution in [0.5, 0.6) is 0 Å². The molecule has 0 N–H and O–H groups in total. The Morgan fingerprint density at radius 2 is 0.904 bits per heavy atom. The summed E-state index contributed by atoms with van der Waals surface area (Å²) in [7, 11) is 0. The maximum absolute atomic E-state index is 2.50. The van der Waals surface area contributed by atoms with E-state index in [1.165, 1.54) is 109 Å². The van der Waals surface area contributed by atoms with Gasteiger partial charge in [-0.1, -0.05) is 157 Å². The minimum atomic E-state index is -0.389. The van der Waals surface area contributed by atoms with Gasteiger partial charge in [0.25, 0.3) is 0 Å². The average Bonchev–Trinajstić information content (AvgIpc) is 3.66. The summed E-state index contributed by atoms with van der Waals surface area (Å²) in [6, 6.07) is 68.5. The van der Waals surface area contributed by atoms with E-state index >= 15 is 0 Å². The fraction of sp³-hybridized carbons (Fsp3) is 0.0196. The van der Waals surface area contributed by atoms with Crippen molar-refractivity contribution in [1.29, 1.82) is 0 Å². The summed E-state index contributed by atoms with van der Waals surface area (Å²) in [5, 5.41) is 5.24. The molecule has 3 aliphatic rings. The van der Waals surface area contributed by atoms with Gasteiger partial charge in [0.15, 0.2) is 0 Å². The lowest BCUT2D eigenvalue weighted by atomic mass is 9.70. The minimum Gasteiger partial charge on any atom is -0.0888 e. The molecule has 52 heavy (non-hydrogen) atoms. The molecule has 1 spiro atoms.